The Morgan fingerprint density at radius 2 is 1.21 bits per heavy atom. The number of aryl methyl sites for hydroxylation is 1. The highest BCUT2D eigenvalue weighted by Gasteiger charge is 2.55. The SMILES string of the molecule is Cc1nn2c(c1C)N(c1ccccc1)C(=O)C2(c1ccccc1)c1ccccc1. The standard InChI is InChI=1S/C25H21N3O/c1-18-19(2)26-28-23(18)27(22-16-10-5-11-17-22)24(29)25(28,20-12-6-3-7-13-20)21-14-8-4-9-15-21/h3-17H,1-2H3. The molecule has 3 aromatic carbocycles. The van der Waals surface area contributed by atoms with Gasteiger partial charge in [0.15, 0.2) is 5.54 Å². The molecule has 0 saturated carbocycles. The molecule has 5 rings (SSSR count). The number of hydrogen-bond donors (Lipinski definition) is 0. The van der Waals surface area contributed by atoms with Crippen molar-refractivity contribution >= 4 is 17.4 Å². The molecule has 142 valence electrons. The average molecular weight is 379 g/mol. The molecule has 1 aliphatic heterocycles. The van der Waals surface area contributed by atoms with Crippen LogP contribution >= 0.6 is 0 Å². The summed E-state index contributed by atoms with van der Waals surface area (Å²) in [6.07, 6.45) is 0. The van der Waals surface area contributed by atoms with Crippen molar-refractivity contribution in [3.63, 3.8) is 0 Å². The van der Waals surface area contributed by atoms with Crippen LogP contribution in [0.1, 0.15) is 22.4 Å². The van der Waals surface area contributed by atoms with Crippen LogP contribution in [0.2, 0.25) is 0 Å². The van der Waals surface area contributed by atoms with Gasteiger partial charge in [-0.1, -0.05) is 78.9 Å². The Kier molecular flexibility index (Phi) is 3.88. The minimum atomic E-state index is -1.05. The van der Waals surface area contributed by atoms with Gasteiger partial charge in [0.1, 0.15) is 5.82 Å². The number of nitrogens with zero attached hydrogens (tertiary/aromatic N) is 3. The van der Waals surface area contributed by atoms with Gasteiger partial charge in [0.05, 0.1) is 11.4 Å². The third kappa shape index (κ3) is 2.32. The third-order valence-electron chi connectivity index (χ3n) is 5.77. The smallest absolute Gasteiger partial charge is 0.270 e. The van der Waals surface area contributed by atoms with Crippen LogP contribution in [0.25, 0.3) is 0 Å². The van der Waals surface area contributed by atoms with Crippen molar-refractivity contribution in [3.05, 3.63) is 113 Å². The van der Waals surface area contributed by atoms with E-state index in [2.05, 4.69) is 0 Å². The Balaban J connectivity index is 1.90. The van der Waals surface area contributed by atoms with Crippen LogP contribution in [0.4, 0.5) is 11.5 Å². The van der Waals surface area contributed by atoms with Crippen LogP contribution in [0.3, 0.4) is 0 Å². The van der Waals surface area contributed by atoms with E-state index in [1.54, 1.807) is 0 Å². The summed E-state index contributed by atoms with van der Waals surface area (Å²) in [5.74, 6) is 0.804. The van der Waals surface area contributed by atoms with Crippen molar-refractivity contribution in [1.82, 2.24) is 9.78 Å². The molecule has 0 atom stereocenters. The van der Waals surface area contributed by atoms with Gasteiger partial charge in [-0.05, 0) is 37.1 Å². The van der Waals surface area contributed by atoms with Crippen molar-refractivity contribution < 1.29 is 4.79 Å². The molecule has 0 unspecified atom stereocenters. The van der Waals surface area contributed by atoms with Crippen molar-refractivity contribution in [3.8, 4) is 0 Å². The van der Waals surface area contributed by atoms with Crippen LogP contribution in [-0.2, 0) is 10.3 Å². The number of amides is 1. The second-order valence-electron chi connectivity index (χ2n) is 7.36. The van der Waals surface area contributed by atoms with Gasteiger partial charge < -0.3 is 0 Å². The van der Waals surface area contributed by atoms with Gasteiger partial charge in [-0.2, -0.15) is 5.10 Å². The summed E-state index contributed by atoms with van der Waals surface area (Å²) in [6, 6.07) is 29.7. The van der Waals surface area contributed by atoms with Crippen molar-refractivity contribution in [2.75, 3.05) is 4.90 Å². The van der Waals surface area contributed by atoms with Gasteiger partial charge in [0.2, 0.25) is 0 Å². The van der Waals surface area contributed by atoms with Crippen molar-refractivity contribution in [1.29, 1.82) is 0 Å². The Hall–Kier alpha value is -3.66. The molecule has 0 saturated heterocycles. The largest absolute Gasteiger partial charge is 0.270 e. The monoisotopic (exact) mass is 379 g/mol. The van der Waals surface area contributed by atoms with E-state index in [9.17, 15) is 4.79 Å². The second-order valence-corrected chi connectivity index (χ2v) is 7.36. The number of hydrogen-bond acceptors (Lipinski definition) is 2. The van der Waals surface area contributed by atoms with Crippen LogP contribution in [0.15, 0.2) is 91.0 Å². The van der Waals surface area contributed by atoms with Crippen LogP contribution in [0.5, 0.6) is 0 Å². The summed E-state index contributed by atoms with van der Waals surface area (Å²) in [6.45, 7) is 4.03. The highest BCUT2D eigenvalue weighted by atomic mass is 16.2. The summed E-state index contributed by atoms with van der Waals surface area (Å²) in [7, 11) is 0. The summed E-state index contributed by atoms with van der Waals surface area (Å²) in [4.78, 5) is 16.1. The van der Waals surface area contributed by atoms with Crippen LogP contribution < -0.4 is 4.90 Å². The molecule has 1 aromatic heterocycles. The fraction of sp³-hybridized carbons (Fsp3) is 0.120. The lowest BCUT2D eigenvalue weighted by Crippen LogP contribution is -2.44. The number of benzene rings is 3. The fourth-order valence-corrected chi connectivity index (χ4v) is 4.27. The van der Waals surface area contributed by atoms with Crippen LogP contribution in [-0.4, -0.2) is 15.7 Å². The van der Waals surface area contributed by atoms with Gasteiger partial charge in [-0.3, -0.25) is 9.69 Å². The van der Waals surface area contributed by atoms with Gasteiger partial charge in [0, 0.05) is 5.56 Å². The fourth-order valence-electron chi connectivity index (χ4n) is 4.27. The number of carbonyl (C=O) groups is 1. The molecule has 0 N–H and O–H groups in total. The maximum atomic E-state index is 14.3. The molecule has 0 bridgehead atoms. The van der Waals surface area contributed by atoms with E-state index in [4.69, 9.17) is 5.10 Å². The normalized spacial score (nSPS) is 14.8. The van der Waals surface area contributed by atoms with E-state index < -0.39 is 5.54 Å². The number of aromatic nitrogens is 2. The minimum Gasteiger partial charge on any atom is -0.270 e. The third-order valence-corrected chi connectivity index (χ3v) is 5.77. The van der Waals surface area contributed by atoms with Gasteiger partial charge >= 0.3 is 0 Å². The van der Waals surface area contributed by atoms with E-state index in [-0.39, 0.29) is 5.91 Å². The molecule has 1 amide bonds. The zero-order valence-corrected chi connectivity index (χ0v) is 16.4. The number of fused-ring (bicyclic) bond motifs is 1. The average Bonchev–Trinajstić information content (AvgIpc) is 3.20. The maximum Gasteiger partial charge on any atom is 0.270 e. The number of para-hydroxylation sites is 1. The van der Waals surface area contributed by atoms with E-state index in [0.29, 0.717) is 0 Å². The van der Waals surface area contributed by atoms with E-state index >= 15 is 0 Å². The van der Waals surface area contributed by atoms with Gasteiger partial charge in [-0.25, -0.2) is 4.68 Å². The summed E-state index contributed by atoms with van der Waals surface area (Å²) in [5, 5.41) is 4.88. The second kappa shape index (κ2) is 6.45. The van der Waals surface area contributed by atoms with E-state index in [1.165, 1.54) is 0 Å². The predicted molar refractivity (Wildman–Crippen MR) is 114 cm³/mol. The maximum absolute atomic E-state index is 14.3. The number of rotatable bonds is 3. The van der Waals surface area contributed by atoms with E-state index in [1.807, 2.05) is 114 Å². The molecule has 29 heavy (non-hydrogen) atoms. The number of carbonyl (C=O) groups excluding carboxylic acids is 1. The quantitative estimate of drug-likeness (QED) is 0.504. The first-order chi connectivity index (χ1) is 14.2. The highest BCUT2D eigenvalue weighted by Crippen LogP contribution is 2.48. The topological polar surface area (TPSA) is 38.1 Å². The van der Waals surface area contributed by atoms with Gasteiger partial charge in [0.25, 0.3) is 5.91 Å². The van der Waals surface area contributed by atoms with Crippen molar-refractivity contribution in [2.24, 2.45) is 0 Å². The molecule has 1 aliphatic rings. The molecule has 4 nitrogen and oxygen atoms in total. The van der Waals surface area contributed by atoms with Gasteiger partial charge in [-0.15, -0.1) is 0 Å². The first-order valence-electron chi connectivity index (χ1n) is 9.73. The first-order valence-corrected chi connectivity index (χ1v) is 9.73. The number of anilines is 2. The molecule has 0 aliphatic carbocycles. The Labute approximate surface area is 170 Å². The lowest BCUT2D eigenvalue weighted by atomic mass is 9.82. The van der Waals surface area contributed by atoms with Crippen molar-refractivity contribution in [2.45, 2.75) is 19.4 Å². The Morgan fingerprint density at radius 1 is 0.724 bits per heavy atom. The highest BCUT2D eigenvalue weighted by molar-refractivity contribution is 6.12. The van der Waals surface area contributed by atoms with E-state index in [0.717, 1.165) is 33.9 Å². The summed E-state index contributed by atoms with van der Waals surface area (Å²) in [5.41, 5.74) is 3.53. The predicted octanol–water partition coefficient (Wildman–Crippen LogP) is 4.97. The molecular formula is C25H21N3O. The molecule has 0 spiro atoms. The zero-order valence-electron chi connectivity index (χ0n) is 16.4. The summed E-state index contributed by atoms with van der Waals surface area (Å²) < 4.78 is 1.91. The molecular weight excluding hydrogens is 358 g/mol. The Bertz CT molecular complexity index is 1140. The zero-order chi connectivity index (χ0) is 20.0. The molecule has 0 fully saturated rings. The summed E-state index contributed by atoms with van der Waals surface area (Å²) >= 11 is 0. The lowest BCUT2D eigenvalue weighted by molar-refractivity contribution is -0.121. The molecule has 4 heteroatoms. The van der Waals surface area contributed by atoms with Crippen LogP contribution in [0, 0.1) is 13.8 Å². The minimum absolute atomic E-state index is 0.0216. The molecule has 4 aromatic rings. The Morgan fingerprint density at radius 3 is 1.72 bits per heavy atom. The first kappa shape index (κ1) is 17.4. The molecule has 0 radical (unpaired) electrons. The lowest BCUT2D eigenvalue weighted by Gasteiger charge is -2.30. The molecule has 2 heterocycles.